The first-order valence-corrected chi connectivity index (χ1v) is 4.55. The van der Waals surface area contributed by atoms with Gasteiger partial charge in [0.05, 0.1) is 6.54 Å². The van der Waals surface area contributed by atoms with E-state index in [0.29, 0.717) is 11.3 Å². The summed E-state index contributed by atoms with van der Waals surface area (Å²) in [6.45, 7) is -0.344. The number of hydrogen-bond acceptors (Lipinski definition) is 4. The molecule has 6 heteroatoms. The highest BCUT2D eigenvalue weighted by atomic mass is 16.4. The fourth-order valence-corrected chi connectivity index (χ4v) is 1.06. The molecule has 0 fully saturated rings. The molecule has 0 radical (unpaired) electrons. The monoisotopic (exact) mass is 224 g/mol. The van der Waals surface area contributed by atoms with Crippen LogP contribution in [-0.2, 0) is 4.79 Å². The Kier molecular flexibility index (Phi) is 3.84. The van der Waals surface area contributed by atoms with Crippen LogP contribution in [0.15, 0.2) is 24.3 Å². The summed E-state index contributed by atoms with van der Waals surface area (Å²) in [4.78, 5) is 21.7. The molecular formula is C10H12N2O4. The van der Waals surface area contributed by atoms with Crippen LogP contribution >= 0.6 is 0 Å². The van der Waals surface area contributed by atoms with Crippen LogP contribution in [-0.4, -0.2) is 34.7 Å². The highest BCUT2D eigenvalue weighted by Crippen LogP contribution is 2.05. The van der Waals surface area contributed by atoms with Crippen molar-refractivity contribution in [1.82, 2.24) is 5.32 Å². The molecule has 86 valence electrons. The van der Waals surface area contributed by atoms with Crippen molar-refractivity contribution in [2.24, 2.45) is 0 Å². The van der Waals surface area contributed by atoms with Gasteiger partial charge in [-0.25, -0.2) is 4.79 Å². The summed E-state index contributed by atoms with van der Waals surface area (Å²) in [5.41, 5.74) is 6.23. The maximum Gasteiger partial charge on any atom is 0.334 e. The van der Waals surface area contributed by atoms with Gasteiger partial charge >= 0.3 is 5.97 Å². The van der Waals surface area contributed by atoms with Crippen LogP contribution in [0.5, 0.6) is 0 Å². The molecule has 1 amide bonds. The Labute approximate surface area is 91.7 Å². The van der Waals surface area contributed by atoms with Crippen molar-refractivity contribution in [2.75, 3.05) is 12.3 Å². The third kappa shape index (κ3) is 3.25. The number of amides is 1. The van der Waals surface area contributed by atoms with E-state index in [-0.39, 0.29) is 6.54 Å². The second-order valence-electron chi connectivity index (χ2n) is 3.19. The number of nitrogens with two attached hydrogens (primary N) is 1. The molecule has 0 aliphatic rings. The summed E-state index contributed by atoms with van der Waals surface area (Å²) in [5, 5.41) is 19.6. The molecule has 0 unspecified atom stereocenters. The molecule has 16 heavy (non-hydrogen) atoms. The van der Waals surface area contributed by atoms with E-state index in [2.05, 4.69) is 5.32 Å². The number of carboxylic acids is 1. The molecular weight excluding hydrogens is 212 g/mol. The molecule has 1 atom stereocenters. The van der Waals surface area contributed by atoms with Gasteiger partial charge in [0.1, 0.15) is 0 Å². The maximum atomic E-state index is 11.5. The number of nitrogens with one attached hydrogen (secondary N) is 1. The van der Waals surface area contributed by atoms with Crippen molar-refractivity contribution in [2.45, 2.75) is 6.10 Å². The number of nitrogen functional groups attached to an aromatic ring is 1. The Hall–Kier alpha value is -2.08. The number of rotatable bonds is 4. The minimum absolute atomic E-state index is 0.317. The minimum atomic E-state index is -1.61. The largest absolute Gasteiger partial charge is 0.479 e. The van der Waals surface area contributed by atoms with Gasteiger partial charge in [-0.05, 0) is 18.2 Å². The number of carbonyl (C=O) groups excluding carboxylic acids is 1. The molecule has 0 aromatic heterocycles. The number of carbonyl (C=O) groups is 2. The zero-order valence-electron chi connectivity index (χ0n) is 8.38. The number of aliphatic hydroxyl groups excluding tert-OH is 1. The Morgan fingerprint density at radius 2 is 2.12 bits per heavy atom. The van der Waals surface area contributed by atoms with Crippen LogP contribution in [0.1, 0.15) is 10.4 Å². The van der Waals surface area contributed by atoms with E-state index in [1.165, 1.54) is 6.07 Å². The van der Waals surface area contributed by atoms with Gasteiger partial charge in [0, 0.05) is 11.3 Å². The van der Waals surface area contributed by atoms with Gasteiger partial charge in [-0.15, -0.1) is 0 Å². The summed E-state index contributed by atoms with van der Waals surface area (Å²) >= 11 is 0. The predicted octanol–water partition coefficient (Wildman–Crippen LogP) is -0.556. The van der Waals surface area contributed by atoms with Gasteiger partial charge in [0.2, 0.25) is 0 Å². The highest BCUT2D eigenvalue weighted by Gasteiger charge is 2.14. The molecule has 1 aromatic rings. The van der Waals surface area contributed by atoms with Gasteiger partial charge in [0.15, 0.2) is 6.10 Å². The van der Waals surface area contributed by atoms with Gasteiger partial charge in [0.25, 0.3) is 5.91 Å². The number of aliphatic hydroxyl groups is 1. The Morgan fingerprint density at radius 3 is 2.69 bits per heavy atom. The lowest BCUT2D eigenvalue weighted by atomic mass is 10.2. The van der Waals surface area contributed by atoms with Crippen LogP contribution in [0.3, 0.4) is 0 Å². The Bertz CT molecular complexity index is 406. The SMILES string of the molecule is Nc1cccc(C(=O)NC[C@H](O)C(=O)O)c1. The summed E-state index contributed by atoms with van der Waals surface area (Å²) in [6.07, 6.45) is -1.61. The molecule has 5 N–H and O–H groups in total. The summed E-state index contributed by atoms with van der Waals surface area (Å²) in [7, 11) is 0. The molecule has 0 aliphatic carbocycles. The molecule has 0 aliphatic heterocycles. The number of anilines is 1. The van der Waals surface area contributed by atoms with Crippen molar-refractivity contribution >= 4 is 17.6 Å². The number of carboxylic acid groups (broad SMARTS) is 1. The van der Waals surface area contributed by atoms with Crippen LogP contribution < -0.4 is 11.1 Å². The summed E-state index contributed by atoms with van der Waals surface area (Å²) in [5.74, 6) is -1.86. The van der Waals surface area contributed by atoms with E-state index >= 15 is 0 Å². The molecule has 1 aromatic carbocycles. The average Bonchev–Trinajstić information content (AvgIpc) is 2.25. The average molecular weight is 224 g/mol. The third-order valence-electron chi connectivity index (χ3n) is 1.89. The summed E-state index contributed by atoms with van der Waals surface area (Å²) in [6, 6.07) is 6.24. The van der Waals surface area contributed by atoms with Crippen LogP contribution in [0, 0.1) is 0 Å². The van der Waals surface area contributed by atoms with E-state index in [0.717, 1.165) is 0 Å². The van der Waals surface area contributed by atoms with Crippen LogP contribution in [0.4, 0.5) is 5.69 Å². The molecule has 6 nitrogen and oxygen atoms in total. The van der Waals surface area contributed by atoms with E-state index < -0.39 is 18.0 Å². The predicted molar refractivity (Wildman–Crippen MR) is 56.8 cm³/mol. The number of hydrogen-bond donors (Lipinski definition) is 4. The second kappa shape index (κ2) is 5.13. The first kappa shape index (κ1) is 12.0. The van der Waals surface area contributed by atoms with Crippen molar-refractivity contribution in [3.8, 4) is 0 Å². The molecule has 0 spiro atoms. The van der Waals surface area contributed by atoms with Gasteiger partial charge in [-0.1, -0.05) is 6.07 Å². The van der Waals surface area contributed by atoms with E-state index in [1.54, 1.807) is 18.2 Å². The van der Waals surface area contributed by atoms with E-state index in [4.69, 9.17) is 15.9 Å². The van der Waals surface area contributed by atoms with E-state index in [1.807, 2.05) is 0 Å². The van der Waals surface area contributed by atoms with Crippen LogP contribution in [0.2, 0.25) is 0 Å². The van der Waals surface area contributed by atoms with Crippen molar-refractivity contribution in [3.05, 3.63) is 29.8 Å². The lowest BCUT2D eigenvalue weighted by Crippen LogP contribution is -2.36. The van der Waals surface area contributed by atoms with E-state index in [9.17, 15) is 9.59 Å². The van der Waals surface area contributed by atoms with Crippen molar-refractivity contribution < 1.29 is 19.8 Å². The fourth-order valence-electron chi connectivity index (χ4n) is 1.06. The fraction of sp³-hybridized carbons (Fsp3) is 0.200. The first-order chi connectivity index (χ1) is 7.50. The maximum absolute atomic E-state index is 11.5. The topological polar surface area (TPSA) is 113 Å². The van der Waals surface area contributed by atoms with Crippen molar-refractivity contribution in [1.29, 1.82) is 0 Å². The quantitative estimate of drug-likeness (QED) is 0.512. The standard InChI is InChI=1S/C10H12N2O4/c11-7-3-1-2-6(4-7)9(14)12-5-8(13)10(15)16/h1-4,8,13H,5,11H2,(H,12,14)(H,15,16)/t8-/m0/s1. The molecule has 0 heterocycles. The number of aliphatic carboxylic acids is 1. The zero-order chi connectivity index (χ0) is 12.1. The third-order valence-corrected chi connectivity index (χ3v) is 1.89. The minimum Gasteiger partial charge on any atom is -0.479 e. The lowest BCUT2D eigenvalue weighted by Gasteiger charge is -2.07. The molecule has 0 saturated heterocycles. The molecule has 1 rings (SSSR count). The Morgan fingerprint density at radius 1 is 1.44 bits per heavy atom. The lowest BCUT2D eigenvalue weighted by molar-refractivity contribution is -0.146. The Balaban J connectivity index is 2.56. The molecule has 0 saturated carbocycles. The number of benzene rings is 1. The van der Waals surface area contributed by atoms with Crippen molar-refractivity contribution in [3.63, 3.8) is 0 Å². The summed E-state index contributed by atoms with van der Waals surface area (Å²) < 4.78 is 0. The molecule has 0 bridgehead atoms. The van der Waals surface area contributed by atoms with Gasteiger partial charge in [-0.2, -0.15) is 0 Å². The van der Waals surface area contributed by atoms with Gasteiger partial charge in [-0.3, -0.25) is 4.79 Å². The second-order valence-corrected chi connectivity index (χ2v) is 3.19. The zero-order valence-corrected chi connectivity index (χ0v) is 8.38. The van der Waals surface area contributed by atoms with Crippen LogP contribution in [0.25, 0.3) is 0 Å². The highest BCUT2D eigenvalue weighted by molar-refractivity contribution is 5.95. The first-order valence-electron chi connectivity index (χ1n) is 4.55. The van der Waals surface area contributed by atoms with Gasteiger partial charge < -0.3 is 21.3 Å². The smallest absolute Gasteiger partial charge is 0.334 e. The normalized spacial score (nSPS) is 11.8.